The van der Waals surface area contributed by atoms with Gasteiger partial charge in [-0.3, -0.25) is 0 Å². The van der Waals surface area contributed by atoms with Gasteiger partial charge in [-0.05, 0) is 39.8 Å². The maximum atomic E-state index is 14.8. The van der Waals surface area contributed by atoms with Gasteiger partial charge in [0.1, 0.15) is 19.0 Å². The fourth-order valence-corrected chi connectivity index (χ4v) is 2.31. The normalized spacial score (nSPS) is 22.3. The Morgan fingerprint density at radius 3 is 1.67 bits per heavy atom. The van der Waals surface area contributed by atoms with Crippen molar-refractivity contribution in [3.63, 3.8) is 0 Å². The SMILES string of the molecule is CC1(C)COC(c2cccc(C3=NC(C)(C)CO3)c2F)=N1. The lowest BCUT2D eigenvalue weighted by Crippen LogP contribution is -2.17. The molecule has 0 unspecified atom stereocenters. The summed E-state index contributed by atoms with van der Waals surface area (Å²) in [5.74, 6) is 0.291. The lowest BCUT2D eigenvalue weighted by atomic mass is 10.1. The maximum Gasteiger partial charge on any atom is 0.219 e. The van der Waals surface area contributed by atoms with Crippen LogP contribution in [0.25, 0.3) is 0 Å². The van der Waals surface area contributed by atoms with Crippen LogP contribution in [-0.4, -0.2) is 36.1 Å². The average molecular weight is 290 g/mol. The summed E-state index contributed by atoms with van der Waals surface area (Å²) in [6.07, 6.45) is 0. The molecule has 0 atom stereocenters. The van der Waals surface area contributed by atoms with Crippen LogP contribution >= 0.6 is 0 Å². The molecule has 3 rings (SSSR count). The van der Waals surface area contributed by atoms with Gasteiger partial charge in [0, 0.05) is 0 Å². The second kappa shape index (κ2) is 4.55. The van der Waals surface area contributed by atoms with Crippen molar-refractivity contribution in [2.75, 3.05) is 13.2 Å². The first-order chi connectivity index (χ1) is 9.77. The minimum atomic E-state index is -0.398. The van der Waals surface area contributed by atoms with E-state index < -0.39 is 5.82 Å². The zero-order chi connectivity index (χ0) is 15.3. The van der Waals surface area contributed by atoms with Crippen LogP contribution in [0.3, 0.4) is 0 Å². The first-order valence-corrected chi connectivity index (χ1v) is 7.02. The van der Waals surface area contributed by atoms with Crippen molar-refractivity contribution in [3.8, 4) is 0 Å². The first kappa shape index (κ1) is 14.0. The molecule has 0 amide bonds. The molecule has 0 radical (unpaired) electrons. The minimum absolute atomic E-state index is 0.318. The predicted molar refractivity (Wildman–Crippen MR) is 79.5 cm³/mol. The smallest absolute Gasteiger partial charge is 0.219 e. The summed E-state index contributed by atoms with van der Waals surface area (Å²) in [5, 5.41) is 0. The van der Waals surface area contributed by atoms with Crippen molar-refractivity contribution >= 4 is 11.8 Å². The largest absolute Gasteiger partial charge is 0.475 e. The summed E-state index contributed by atoms with van der Waals surface area (Å²) in [4.78, 5) is 8.84. The lowest BCUT2D eigenvalue weighted by molar-refractivity contribution is 0.277. The third-order valence-electron chi connectivity index (χ3n) is 3.39. The molecule has 0 aliphatic carbocycles. The maximum absolute atomic E-state index is 14.8. The van der Waals surface area contributed by atoms with Crippen molar-refractivity contribution in [2.24, 2.45) is 9.98 Å². The summed E-state index contributed by atoms with van der Waals surface area (Å²) in [7, 11) is 0. The summed E-state index contributed by atoms with van der Waals surface area (Å²) in [6, 6.07) is 5.10. The molecule has 112 valence electrons. The highest BCUT2D eigenvalue weighted by molar-refractivity contribution is 6.01. The van der Waals surface area contributed by atoms with Gasteiger partial charge in [-0.15, -0.1) is 0 Å². The Bertz CT molecular complexity index is 595. The van der Waals surface area contributed by atoms with E-state index in [0.717, 1.165) is 0 Å². The topological polar surface area (TPSA) is 43.2 Å². The summed E-state index contributed by atoms with van der Waals surface area (Å²) >= 11 is 0. The highest BCUT2D eigenvalue weighted by Gasteiger charge is 2.32. The molecule has 2 aliphatic heterocycles. The molecular weight excluding hydrogens is 271 g/mol. The Morgan fingerprint density at radius 1 is 0.905 bits per heavy atom. The van der Waals surface area contributed by atoms with E-state index >= 15 is 0 Å². The van der Waals surface area contributed by atoms with E-state index in [9.17, 15) is 4.39 Å². The van der Waals surface area contributed by atoms with Crippen LogP contribution in [-0.2, 0) is 9.47 Å². The number of aliphatic imine (C=N–C) groups is 2. The van der Waals surface area contributed by atoms with Gasteiger partial charge < -0.3 is 9.47 Å². The number of hydrogen-bond donors (Lipinski definition) is 0. The molecule has 21 heavy (non-hydrogen) atoms. The predicted octanol–water partition coefficient (Wildman–Crippen LogP) is 2.94. The van der Waals surface area contributed by atoms with Gasteiger partial charge in [0.05, 0.1) is 22.2 Å². The standard InChI is InChI=1S/C16H19FN2O2/c1-15(2)8-20-13(18-15)10-6-5-7-11(12(10)17)14-19-16(3,4)9-21-14/h5-7H,8-9H2,1-4H3. The highest BCUT2D eigenvalue weighted by Crippen LogP contribution is 2.26. The fraction of sp³-hybridized carbons (Fsp3) is 0.500. The van der Waals surface area contributed by atoms with E-state index in [0.29, 0.717) is 36.1 Å². The van der Waals surface area contributed by atoms with Crippen LogP contribution in [0.5, 0.6) is 0 Å². The van der Waals surface area contributed by atoms with E-state index in [4.69, 9.17) is 9.47 Å². The van der Waals surface area contributed by atoms with Crippen LogP contribution in [0.15, 0.2) is 28.2 Å². The third kappa shape index (κ3) is 2.64. The Kier molecular flexibility index (Phi) is 3.04. The molecule has 0 saturated carbocycles. The summed E-state index contributed by atoms with van der Waals surface area (Å²) in [5.41, 5.74) is 0.0746. The van der Waals surface area contributed by atoms with Crippen molar-refractivity contribution in [1.82, 2.24) is 0 Å². The first-order valence-electron chi connectivity index (χ1n) is 7.02. The van der Waals surface area contributed by atoms with Crippen LogP contribution in [0.2, 0.25) is 0 Å². The number of ether oxygens (including phenoxy) is 2. The highest BCUT2D eigenvalue weighted by atomic mass is 19.1. The molecule has 0 fully saturated rings. The monoisotopic (exact) mass is 290 g/mol. The number of benzene rings is 1. The molecule has 0 saturated heterocycles. The van der Waals surface area contributed by atoms with Crippen LogP contribution in [0, 0.1) is 5.82 Å². The molecule has 4 nitrogen and oxygen atoms in total. The minimum Gasteiger partial charge on any atom is -0.475 e. The van der Waals surface area contributed by atoms with E-state index in [1.165, 1.54) is 0 Å². The quantitative estimate of drug-likeness (QED) is 0.840. The number of rotatable bonds is 2. The van der Waals surface area contributed by atoms with Crippen LogP contribution in [0.4, 0.5) is 4.39 Å². The van der Waals surface area contributed by atoms with Gasteiger partial charge >= 0.3 is 0 Å². The Labute approximate surface area is 123 Å². The Hall–Kier alpha value is -1.91. The van der Waals surface area contributed by atoms with Crippen LogP contribution in [0.1, 0.15) is 38.8 Å². The van der Waals surface area contributed by atoms with Gasteiger partial charge in [0.25, 0.3) is 0 Å². The number of nitrogens with zero attached hydrogens (tertiary/aromatic N) is 2. The molecule has 2 aliphatic rings. The zero-order valence-electron chi connectivity index (χ0n) is 12.7. The lowest BCUT2D eigenvalue weighted by Gasteiger charge is -2.08. The van der Waals surface area contributed by atoms with Crippen molar-refractivity contribution in [1.29, 1.82) is 0 Å². The van der Waals surface area contributed by atoms with Gasteiger partial charge in [0.2, 0.25) is 11.8 Å². The van der Waals surface area contributed by atoms with Crippen molar-refractivity contribution in [2.45, 2.75) is 38.8 Å². The molecule has 5 heteroatoms. The molecule has 0 aromatic heterocycles. The molecule has 0 spiro atoms. The second-order valence-electron chi connectivity index (χ2n) is 6.70. The Morgan fingerprint density at radius 2 is 1.33 bits per heavy atom. The third-order valence-corrected chi connectivity index (χ3v) is 3.39. The summed E-state index contributed by atoms with van der Waals surface area (Å²) in [6.45, 7) is 8.72. The molecule has 1 aromatic carbocycles. The van der Waals surface area contributed by atoms with Gasteiger partial charge in [-0.2, -0.15) is 0 Å². The van der Waals surface area contributed by atoms with E-state index in [1.807, 2.05) is 27.7 Å². The molecule has 2 heterocycles. The number of hydrogen-bond acceptors (Lipinski definition) is 4. The van der Waals surface area contributed by atoms with Gasteiger partial charge in [0.15, 0.2) is 0 Å². The van der Waals surface area contributed by atoms with Crippen molar-refractivity contribution in [3.05, 3.63) is 35.1 Å². The van der Waals surface area contributed by atoms with Crippen molar-refractivity contribution < 1.29 is 13.9 Å². The van der Waals surface area contributed by atoms with Gasteiger partial charge in [-0.1, -0.05) is 6.07 Å². The average Bonchev–Trinajstić information content (AvgIpc) is 2.92. The molecular formula is C16H19FN2O2. The van der Waals surface area contributed by atoms with Crippen LogP contribution < -0.4 is 0 Å². The zero-order valence-corrected chi connectivity index (χ0v) is 12.7. The molecule has 1 aromatic rings. The van der Waals surface area contributed by atoms with E-state index in [1.54, 1.807) is 18.2 Å². The second-order valence-corrected chi connectivity index (χ2v) is 6.70. The van der Waals surface area contributed by atoms with E-state index in [2.05, 4.69) is 9.98 Å². The van der Waals surface area contributed by atoms with Gasteiger partial charge in [-0.25, -0.2) is 14.4 Å². The molecule has 0 bridgehead atoms. The number of halogens is 1. The Balaban J connectivity index is 2.01. The summed E-state index contributed by atoms with van der Waals surface area (Å²) < 4.78 is 25.8. The van der Waals surface area contributed by atoms with E-state index in [-0.39, 0.29) is 11.1 Å². The fourth-order valence-electron chi connectivity index (χ4n) is 2.31. The molecule has 0 N–H and O–H groups in total.